The Balaban J connectivity index is 1.58. The Hall–Kier alpha value is -0.860. The molecule has 0 spiro atoms. The molecule has 2 fully saturated rings. The third kappa shape index (κ3) is 4.07. The highest BCUT2D eigenvalue weighted by atomic mass is 15.1. The second kappa shape index (κ2) is 6.73. The van der Waals surface area contributed by atoms with Crippen LogP contribution in [0.2, 0.25) is 0 Å². The van der Waals surface area contributed by atoms with Gasteiger partial charge in [0.25, 0.3) is 0 Å². The highest BCUT2D eigenvalue weighted by Crippen LogP contribution is 2.21. The van der Waals surface area contributed by atoms with Crippen LogP contribution in [0.15, 0.2) is 24.3 Å². The molecule has 0 aromatic heterocycles. The van der Waals surface area contributed by atoms with Gasteiger partial charge in [0.2, 0.25) is 0 Å². The van der Waals surface area contributed by atoms with Gasteiger partial charge in [0.15, 0.2) is 0 Å². The van der Waals surface area contributed by atoms with Gasteiger partial charge in [-0.25, -0.2) is 0 Å². The first-order valence-corrected chi connectivity index (χ1v) is 8.36. The molecule has 1 aliphatic carbocycles. The minimum Gasteiger partial charge on any atom is -0.310 e. The molecule has 3 rings (SSSR count). The minimum absolute atomic E-state index is 0.741. The smallest absolute Gasteiger partial charge is 0.0236 e. The van der Waals surface area contributed by atoms with E-state index in [9.17, 15) is 0 Å². The zero-order valence-electron chi connectivity index (χ0n) is 12.8. The van der Waals surface area contributed by atoms with Crippen molar-refractivity contribution in [1.82, 2.24) is 10.2 Å². The number of rotatable bonds is 5. The molecule has 1 aliphatic heterocycles. The van der Waals surface area contributed by atoms with E-state index in [1.54, 1.807) is 0 Å². The standard InChI is InChI=1S/C18H28N2/c1-15-6-3-2-4-11-20(15)14-17-8-5-7-16(12-17)13-19-18-9-10-18/h5,7-8,12,15,18-19H,2-4,6,9-11,13-14H2,1H3. The van der Waals surface area contributed by atoms with Gasteiger partial charge in [-0.2, -0.15) is 0 Å². The fraction of sp³-hybridized carbons (Fsp3) is 0.667. The Bertz CT molecular complexity index is 425. The lowest BCUT2D eigenvalue weighted by Crippen LogP contribution is -2.32. The predicted molar refractivity (Wildman–Crippen MR) is 84.6 cm³/mol. The monoisotopic (exact) mass is 272 g/mol. The average molecular weight is 272 g/mol. The van der Waals surface area contributed by atoms with Crippen molar-refractivity contribution in [3.63, 3.8) is 0 Å². The molecular weight excluding hydrogens is 244 g/mol. The van der Waals surface area contributed by atoms with Gasteiger partial charge in [0, 0.05) is 25.2 Å². The van der Waals surface area contributed by atoms with Crippen LogP contribution in [0.5, 0.6) is 0 Å². The molecule has 2 nitrogen and oxygen atoms in total. The molecule has 1 aromatic rings. The van der Waals surface area contributed by atoms with E-state index in [2.05, 4.69) is 41.4 Å². The molecule has 0 amide bonds. The maximum absolute atomic E-state index is 3.61. The lowest BCUT2D eigenvalue weighted by atomic mass is 10.1. The minimum atomic E-state index is 0.741. The fourth-order valence-corrected chi connectivity index (χ4v) is 3.19. The van der Waals surface area contributed by atoms with E-state index < -0.39 is 0 Å². The molecule has 2 aliphatic rings. The molecule has 0 radical (unpaired) electrons. The Morgan fingerprint density at radius 3 is 2.80 bits per heavy atom. The van der Waals surface area contributed by atoms with Gasteiger partial charge in [-0.1, -0.05) is 37.1 Å². The van der Waals surface area contributed by atoms with Crippen molar-refractivity contribution in [3.05, 3.63) is 35.4 Å². The third-order valence-corrected chi connectivity index (χ3v) is 4.74. The number of nitrogens with zero attached hydrogens (tertiary/aromatic N) is 1. The van der Waals surface area contributed by atoms with Gasteiger partial charge in [0.1, 0.15) is 0 Å². The summed E-state index contributed by atoms with van der Waals surface area (Å²) in [6.45, 7) is 5.82. The molecule has 20 heavy (non-hydrogen) atoms. The molecule has 1 atom stereocenters. The van der Waals surface area contributed by atoms with Crippen LogP contribution in [0.4, 0.5) is 0 Å². The second-order valence-corrected chi connectivity index (χ2v) is 6.64. The van der Waals surface area contributed by atoms with Gasteiger partial charge < -0.3 is 5.32 Å². The van der Waals surface area contributed by atoms with Crippen LogP contribution >= 0.6 is 0 Å². The molecule has 1 saturated heterocycles. The zero-order chi connectivity index (χ0) is 13.8. The maximum Gasteiger partial charge on any atom is 0.0236 e. The van der Waals surface area contributed by atoms with Gasteiger partial charge in [-0.3, -0.25) is 4.90 Å². The highest BCUT2D eigenvalue weighted by Gasteiger charge is 2.20. The summed E-state index contributed by atoms with van der Waals surface area (Å²) < 4.78 is 0. The molecule has 2 heteroatoms. The SMILES string of the molecule is CC1CCCCCN1Cc1cccc(CNC2CC2)c1. The molecule has 110 valence electrons. The zero-order valence-corrected chi connectivity index (χ0v) is 12.8. The average Bonchev–Trinajstić information content (AvgIpc) is 3.28. The quantitative estimate of drug-likeness (QED) is 0.879. The first-order valence-electron chi connectivity index (χ1n) is 8.36. The van der Waals surface area contributed by atoms with E-state index in [1.165, 1.54) is 56.2 Å². The molecular formula is C18H28N2. The van der Waals surface area contributed by atoms with E-state index in [-0.39, 0.29) is 0 Å². The summed E-state index contributed by atoms with van der Waals surface area (Å²) in [7, 11) is 0. The first kappa shape index (κ1) is 14.1. The van der Waals surface area contributed by atoms with E-state index in [1.807, 2.05) is 0 Å². The number of hydrogen-bond donors (Lipinski definition) is 1. The third-order valence-electron chi connectivity index (χ3n) is 4.74. The lowest BCUT2D eigenvalue weighted by molar-refractivity contribution is 0.205. The van der Waals surface area contributed by atoms with Gasteiger partial charge in [-0.05, 0) is 50.3 Å². The lowest BCUT2D eigenvalue weighted by Gasteiger charge is -2.27. The van der Waals surface area contributed by atoms with Crippen molar-refractivity contribution in [2.45, 2.75) is 70.6 Å². The van der Waals surface area contributed by atoms with Crippen molar-refractivity contribution in [1.29, 1.82) is 0 Å². The van der Waals surface area contributed by atoms with Crippen LogP contribution in [0.25, 0.3) is 0 Å². The van der Waals surface area contributed by atoms with Gasteiger partial charge in [-0.15, -0.1) is 0 Å². The number of hydrogen-bond acceptors (Lipinski definition) is 2. The molecule has 1 unspecified atom stereocenters. The Kier molecular flexibility index (Phi) is 4.74. The van der Waals surface area contributed by atoms with Crippen molar-refractivity contribution in [3.8, 4) is 0 Å². The van der Waals surface area contributed by atoms with E-state index in [0.717, 1.165) is 25.2 Å². The van der Waals surface area contributed by atoms with Gasteiger partial charge >= 0.3 is 0 Å². The Morgan fingerprint density at radius 2 is 1.95 bits per heavy atom. The maximum atomic E-state index is 3.61. The summed E-state index contributed by atoms with van der Waals surface area (Å²) in [4.78, 5) is 2.67. The van der Waals surface area contributed by atoms with Crippen molar-refractivity contribution in [2.75, 3.05) is 6.54 Å². The normalized spacial score (nSPS) is 24.6. The van der Waals surface area contributed by atoms with Crippen LogP contribution in [0.3, 0.4) is 0 Å². The van der Waals surface area contributed by atoms with Crippen LogP contribution < -0.4 is 5.32 Å². The number of benzene rings is 1. The van der Waals surface area contributed by atoms with Crippen molar-refractivity contribution >= 4 is 0 Å². The summed E-state index contributed by atoms with van der Waals surface area (Å²) in [5.41, 5.74) is 2.92. The first-order chi connectivity index (χ1) is 9.81. The number of likely N-dealkylation sites (tertiary alicyclic amines) is 1. The molecule has 1 N–H and O–H groups in total. The Morgan fingerprint density at radius 1 is 1.10 bits per heavy atom. The van der Waals surface area contributed by atoms with Gasteiger partial charge in [0.05, 0.1) is 0 Å². The van der Waals surface area contributed by atoms with E-state index in [0.29, 0.717) is 0 Å². The summed E-state index contributed by atoms with van der Waals surface area (Å²) in [5.74, 6) is 0. The molecule has 0 bridgehead atoms. The van der Waals surface area contributed by atoms with Crippen molar-refractivity contribution < 1.29 is 0 Å². The van der Waals surface area contributed by atoms with Crippen LogP contribution in [-0.4, -0.2) is 23.5 Å². The molecule has 1 saturated carbocycles. The predicted octanol–water partition coefficient (Wildman–Crippen LogP) is 3.70. The summed E-state index contributed by atoms with van der Waals surface area (Å²) in [6, 6.07) is 10.7. The molecule has 1 heterocycles. The van der Waals surface area contributed by atoms with Crippen molar-refractivity contribution in [2.24, 2.45) is 0 Å². The highest BCUT2D eigenvalue weighted by molar-refractivity contribution is 5.23. The fourth-order valence-electron chi connectivity index (χ4n) is 3.19. The van der Waals surface area contributed by atoms with Crippen LogP contribution in [-0.2, 0) is 13.1 Å². The van der Waals surface area contributed by atoms with Crippen LogP contribution in [0.1, 0.15) is 56.6 Å². The van der Waals surface area contributed by atoms with E-state index in [4.69, 9.17) is 0 Å². The largest absolute Gasteiger partial charge is 0.310 e. The van der Waals surface area contributed by atoms with Crippen LogP contribution in [0, 0.1) is 0 Å². The summed E-state index contributed by atoms with van der Waals surface area (Å²) in [5, 5.41) is 3.61. The summed E-state index contributed by atoms with van der Waals surface area (Å²) >= 11 is 0. The van der Waals surface area contributed by atoms with E-state index >= 15 is 0 Å². The topological polar surface area (TPSA) is 15.3 Å². The summed E-state index contributed by atoms with van der Waals surface area (Å²) in [6.07, 6.45) is 8.28. The number of nitrogens with one attached hydrogen (secondary N) is 1. The second-order valence-electron chi connectivity index (χ2n) is 6.64. The molecule has 1 aromatic carbocycles. The Labute approximate surface area is 123 Å².